The lowest BCUT2D eigenvalue weighted by Crippen LogP contribution is -2.00. The van der Waals surface area contributed by atoms with Gasteiger partial charge in [0, 0.05) is 17.3 Å². The molecule has 0 saturated heterocycles. The van der Waals surface area contributed by atoms with Crippen LogP contribution in [0.1, 0.15) is 61.6 Å². The summed E-state index contributed by atoms with van der Waals surface area (Å²) in [6.07, 6.45) is 5.01. The number of ether oxygens (including phenoxy) is 1. The molecule has 0 aliphatic rings. The Morgan fingerprint density at radius 2 is 1.92 bits per heavy atom. The van der Waals surface area contributed by atoms with Crippen molar-refractivity contribution in [3.05, 3.63) is 59.4 Å². The van der Waals surface area contributed by atoms with Gasteiger partial charge in [0.15, 0.2) is 6.29 Å². The smallest absolute Gasteiger partial charge is 0.167 e. The quantitative estimate of drug-likeness (QED) is 0.498. The van der Waals surface area contributed by atoms with Crippen molar-refractivity contribution in [2.45, 2.75) is 46.5 Å². The highest BCUT2D eigenvalue weighted by molar-refractivity contribution is 5.90. The molecular weight excluding hydrogens is 322 g/mol. The molecule has 0 amide bonds. The fourth-order valence-electron chi connectivity index (χ4n) is 3.40. The first kappa shape index (κ1) is 18.2. The van der Waals surface area contributed by atoms with Crippen molar-refractivity contribution >= 4 is 11.8 Å². The summed E-state index contributed by atoms with van der Waals surface area (Å²) in [6.45, 7) is 9.18. The van der Waals surface area contributed by atoms with Crippen LogP contribution in [0.25, 0.3) is 16.6 Å². The van der Waals surface area contributed by atoms with Crippen molar-refractivity contribution in [1.82, 2.24) is 4.40 Å². The molecule has 2 heterocycles. The van der Waals surface area contributed by atoms with Gasteiger partial charge in [-0.25, -0.2) is 0 Å². The number of hydrogen-bond donors (Lipinski definition) is 0. The SMILES string of the molecule is CCOc1ccc(-c2cc3ccc(CC)cn3c2C=O)cc1C(C)CC. The van der Waals surface area contributed by atoms with Crippen LogP contribution in [0.5, 0.6) is 5.75 Å². The first-order chi connectivity index (χ1) is 12.6. The van der Waals surface area contributed by atoms with Crippen LogP contribution in [-0.2, 0) is 6.42 Å². The minimum Gasteiger partial charge on any atom is -0.494 e. The summed E-state index contributed by atoms with van der Waals surface area (Å²) >= 11 is 0. The van der Waals surface area contributed by atoms with Crippen LogP contribution in [0, 0.1) is 0 Å². The van der Waals surface area contributed by atoms with Gasteiger partial charge < -0.3 is 9.14 Å². The number of pyridine rings is 1. The van der Waals surface area contributed by atoms with Gasteiger partial charge in [-0.2, -0.15) is 0 Å². The Hall–Kier alpha value is -2.55. The molecule has 0 aliphatic heterocycles. The standard InChI is InChI=1S/C23H27NO2/c1-5-16(4)20-12-18(9-11-23(20)26-7-3)21-13-19-10-8-17(6-2)14-24(19)22(21)15-25/h8-16H,5-7H2,1-4H3. The monoisotopic (exact) mass is 349 g/mol. The number of carbonyl (C=O) groups is 1. The molecule has 0 bridgehead atoms. The molecule has 26 heavy (non-hydrogen) atoms. The average molecular weight is 349 g/mol. The van der Waals surface area contributed by atoms with E-state index < -0.39 is 0 Å². The first-order valence-electron chi connectivity index (χ1n) is 9.49. The second kappa shape index (κ2) is 7.77. The zero-order valence-electron chi connectivity index (χ0n) is 16.1. The van der Waals surface area contributed by atoms with Gasteiger partial charge in [0.25, 0.3) is 0 Å². The molecule has 0 N–H and O–H groups in total. The molecule has 1 unspecified atom stereocenters. The van der Waals surface area contributed by atoms with E-state index in [-0.39, 0.29) is 0 Å². The van der Waals surface area contributed by atoms with Crippen LogP contribution in [0.3, 0.4) is 0 Å². The average Bonchev–Trinajstić information content (AvgIpc) is 3.05. The molecule has 2 aromatic heterocycles. The summed E-state index contributed by atoms with van der Waals surface area (Å²) in [4.78, 5) is 11.9. The normalized spacial score (nSPS) is 12.3. The van der Waals surface area contributed by atoms with Gasteiger partial charge in [0.1, 0.15) is 5.75 Å². The molecule has 0 spiro atoms. The van der Waals surface area contributed by atoms with E-state index in [0.29, 0.717) is 18.2 Å². The minimum absolute atomic E-state index is 0.403. The Morgan fingerprint density at radius 3 is 2.58 bits per heavy atom. The van der Waals surface area contributed by atoms with Gasteiger partial charge in [0.05, 0.1) is 12.3 Å². The van der Waals surface area contributed by atoms with E-state index in [2.05, 4.69) is 57.3 Å². The number of carbonyl (C=O) groups excluding carboxylic acids is 1. The van der Waals surface area contributed by atoms with Crippen molar-refractivity contribution in [3.63, 3.8) is 0 Å². The number of aldehydes is 1. The number of rotatable bonds is 7. The summed E-state index contributed by atoms with van der Waals surface area (Å²) in [5.41, 5.74) is 6.20. The van der Waals surface area contributed by atoms with Crippen LogP contribution < -0.4 is 4.74 Å². The third-order valence-electron chi connectivity index (χ3n) is 5.15. The maximum atomic E-state index is 11.9. The van der Waals surface area contributed by atoms with Crippen molar-refractivity contribution in [3.8, 4) is 16.9 Å². The summed E-state index contributed by atoms with van der Waals surface area (Å²) in [5, 5.41) is 0. The predicted molar refractivity (Wildman–Crippen MR) is 107 cm³/mol. The minimum atomic E-state index is 0.403. The molecule has 3 nitrogen and oxygen atoms in total. The van der Waals surface area contributed by atoms with Gasteiger partial charge in [-0.3, -0.25) is 4.79 Å². The highest BCUT2D eigenvalue weighted by Gasteiger charge is 2.16. The fourth-order valence-corrected chi connectivity index (χ4v) is 3.40. The molecule has 0 radical (unpaired) electrons. The lowest BCUT2D eigenvalue weighted by Gasteiger charge is -2.16. The van der Waals surface area contributed by atoms with Crippen molar-refractivity contribution in [2.75, 3.05) is 6.61 Å². The van der Waals surface area contributed by atoms with Crippen LogP contribution in [0.15, 0.2) is 42.6 Å². The highest BCUT2D eigenvalue weighted by atomic mass is 16.5. The number of nitrogens with zero attached hydrogens (tertiary/aromatic N) is 1. The number of hydrogen-bond acceptors (Lipinski definition) is 2. The molecule has 0 fully saturated rings. The van der Waals surface area contributed by atoms with Crippen LogP contribution in [0.2, 0.25) is 0 Å². The molecule has 3 heteroatoms. The molecule has 136 valence electrons. The number of benzene rings is 1. The molecule has 0 aliphatic carbocycles. The van der Waals surface area contributed by atoms with Gasteiger partial charge >= 0.3 is 0 Å². The zero-order chi connectivity index (χ0) is 18.7. The van der Waals surface area contributed by atoms with Gasteiger partial charge in [0.2, 0.25) is 0 Å². The van der Waals surface area contributed by atoms with Crippen LogP contribution in [-0.4, -0.2) is 17.3 Å². The Balaban J connectivity index is 2.18. The van der Waals surface area contributed by atoms with Crippen LogP contribution in [0.4, 0.5) is 0 Å². The zero-order valence-corrected chi connectivity index (χ0v) is 16.1. The van der Waals surface area contributed by atoms with E-state index >= 15 is 0 Å². The lowest BCUT2D eigenvalue weighted by molar-refractivity contribution is 0.111. The van der Waals surface area contributed by atoms with E-state index in [1.165, 1.54) is 11.1 Å². The fraction of sp³-hybridized carbons (Fsp3) is 0.348. The molecular formula is C23H27NO2. The van der Waals surface area contributed by atoms with E-state index in [1.807, 2.05) is 17.4 Å². The van der Waals surface area contributed by atoms with E-state index in [0.717, 1.165) is 41.5 Å². The highest BCUT2D eigenvalue weighted by Crippen LogP contribution is 2.35. The first-order valence-corrected chi connectivity index (χ1v) is 9.49. The largest absolute Gasteiger partial charge is 0.494 e. The summed E-state index contributed by atoms with van der Waals surface area (Å²) in [6, 6.07) is 12.6. The molecule has 3 aromatic rings. The van der Waals surface area contributed by atoms with Crippen molar-refractivity contribution in [2.24, 2.45) is 0 Å². The molecule has 1 atom stereocenters. The summed E-state index contributed by atoms with van der Waals surface area (Å²) < 4.78 is 7.82. The molecule has 0 saturated carbocycles. The Morgan fingerprint density at radius 1 is 1.12 bits per heavy atom. The number of aromatic nitrogens is 1. The summed E-state index contributed by atoms with van der Waals surface area (Å²) in [7, 11) is 0. The van der Waals surface area contributed by atoms with Crippen molar-refractivity contribution < 1.29 is 9.53 Å². The second-order valence-electron chi connectivity index (χ2n) is 6.74. The maximum Gasteiger partial charge on any atom is 0.167 e. The van der Waals surface area contributed by atoms with E-state index in [1.54, 1.807) is 0 Å². The van der Waals surface area contributed by atoms with Gasteiger partial charge in [-0.15, -0.1) is 0 Å². The van der Waals surface area contributed by atoms with Gasteiger partial charge in [-0.1, -0.05) is 32.9 Å². The third-order valence-corrected chi connectivity index (χ3v) is 5.15. The second-order valence-corrected chi connectivity index (χ2v) is 6.74. The number of aryl methyl sites for hydroxylation is 1. The maximum absolute atomic E-state index is 11.9. The summed E-state index contributed by atoms with van der Waals surface area (Å²) in [5.74, 6) is 1.34. The topological polar surface area (TPSA) is 30.7 Å². The van der Waals surface area contributed by atoms with E-state index in [4.69, 9.17) is 4.74 Å². The third kappa shape index (κ3) is 3.26. The number of fused-ring (bicyclic) bond motifs is 1. The Kier molecular flexibility index (Phi) is 5.46. The lowest BCUT2D eigenvalue weighted by atomic mass is 9.93. The Labute approximate surface area is 155 Å². The molecule has 3 rings (SSSR count). The van der Waals surface area contributed by atoms with Crippen LogP contribution >= 0.6 is 0 Å². The van der Waals surface area contributed by atoms with Gasteiger partial charge in [-0.05, 0) is 66.6 Å². The van der Waals surface area contributed by atoms with Crippen molar-refractivity contribution in [1.29, 1.82) is 0 Å². The Bertz CT molecular complexity index is 923. The molecule has 1 aromatic carbocycles. The van der Waals surface area contributed by atoms with E-state index in [9.17, 15) is 4.79 Å². The predicted octanol–water partition coefficient (Wildman–Crippen LogP) is 5.89.